The van der Waals surface area contributed by atoms with E-state index in [0.29, 0.717) is 13.2 Å². The minimum atomic E-state index is 0.102. The lowest BCUT2D eigenvalue weighted by Gasteiger charge is -2.03. The molecule has 2 N–H and O–H groups in total. The molecule has 0 aliphatic heterocycles. The highest BCUT2D eigenvalue weighted by molar-refractivity contribution is 7.11. The van der Waals surface area contributed by atoms with Crippen LogP contribution >= 0.6 is 11.3 Å². The molecule has 0 aliphatic rings. The summed E-state index contributed by atoms with van der Waals surface area (Å²) in [7, 11) is 0. The van der Waals surface area contributed by atoms with Crippen molar-refractivity contribution in [3.05, 3.63) is 21.9 Å². The van der Waals surface area contributed by atoms with Crippen molar-refractivity contribution in [3.63, 3.8) is 0 Å². The molecule has 0 saturated carbocycles. The van der Waals surface area contributed by atoms with Crippen molar-refractivity contribution >= 4 is 11.3 Å². The Kier molecular flexibility index (Phi) is 6.59. The van der Waals surface area contributed by atoms with E-state index in [-0.39, 0.29) is 6.61 Å². The number of hydrogen-bond donors (Lipinski definition) is 2. The van der Waals surface area contributed by atoms with Crippen LogP contribution in [0.2, 0.25) is 0 Å². The number of ether oxygens (including phenoxy) is 1. The number of thiophene rings is 1. The first-order valence-electron chi connectivity index (χ1n) is 5.33. The predicted molar refractivity (Wildman–Crippen MR) is 63.3 cm³/mol. The molecule has 1 aromatic rings. The summed E-state index contributed by atoms with van der Waals surface area (Å²) >= 11 is 1.86. The van der Waals surface area contributed by atoms with Crippen LogP contribution in [0.25, 0.3) is 0 Å². The molecule has 0 bridgehead atoms. The number of aryl methyl sites for hydroxylation is 1. The second kappa shape index (κ2) is 7.82. The second-order valence-electron chi connectivity index (χ2n) is 3.23. The zero-order valence-corrected chi connectivity index (χ0v) is 9.98. The van der Waals surface area contributed by atoms with Gasteiger partial charge in [-0.05, 0) is 18.6 Å². The van der Waals surface area contributed by atoms with Crippen molar-refractivity contribution in [3.8, 4) is 0 Å². The number of hydrogen-bond acceptors (Lipinski definition) is 4. The van der Waals surface area contributed by atoms with Crippen LogP contribution in [0, 0.1) is 0 Å². The summed E-state index contributed by atoms with van der Waals surface area (Å²) in [6, 6.07) is 4.36. The van der Waals surface area contributed by atoms with E-state index in [4.69, 9.17) is 9.84 Å². The Morgan fingerprint density at radius 1 is 1.33 bits per heavy atom. The lowest BCUT2D eigenvalue weighted by molar-refractivity contribution is 0.0938. The minimum absolute atomic E-state index is 0.102. The van der Waals surface area contributed by atoms with Gasteiger partial charge in [-0.25, -0.2) is 0 Å². The Labute approximate surface area is 95.1 Å². The zero-order chi connectivity index (χ0) is 10.9. The van der Waals surface area contributed by atoms with Gasteiger partial charge in [0.25, 0.3) is 0 Å². The molecule has 3 nitrogen and oxygen atoms in total. The molecule has 1 rings (SSSR count). The first-order chi connectivity index (χ1) is 7.36. The van der Waals surface area contributed by atoms with Crippen LogP contribution in [0.3, 0.4) is 0 Å². The maximum absolute atomic E-state index is 8.49. The van der Waals surface area contributed by atoms with E-state index >= 15 is 0 Å². The van der Waals surface area contributed by atoms with E-state index in [9.17, 15) is 0 Å². The lowest BCUT2D eigenvalue weighted by atomic mass is 10.3. The SMILES string of the molecule is CCc1ccc(CNCCOCCO)s1. The highest BCUT2D eigenvalue weighted by Gasteiger charge is 1.97. The molecule has 15 heavy (non-hydrogen) atoms. The third-order valence-corrected chi connectivity index (χ3v) is 3.25. The van der Waals surface area contributed by atoms with Gasteiger partial charge in [0.15, 0.2) is 0 Å². The first kappa shape index (κ1) is 12.6. The molecule has 0 atom stereocenters. The Balaban J connectivity index is 2.04. The molecule has 0 aromatic carbocycles. The molecular weight excluding hydrogens is 210 g/mol. The van der Waals surface area contributed by atoms with Crippen molar-refractivity contribution < 1.29 is 9.84 Å². The van der Waals surface area contributed by atoms with Gasteiger partial charge in [-0.2, -0.15) is 0 Å². The predicted octanol–water partition coefficient (Wildman–Crippen LogP) is 1.41. The minimum Gasteiger partial charge on any atom is -0.394 e. The van der Waals surface area contributed by atoms with Crippen LogP contribution in [0.15, 0.2) is 12.1 Å². The van der Waals surface area contributed by atoms with Gasteiger partial charge in [0.1, 0.15) is 0 Å². The topological polar surface area (TPSA) is 41.5 Å². The second-order valence-corrected chi connectivity index (χ2v) is 4.49. The highest BCUT2D eigenvalue weighted by atomic mass is 32.1. The van der Waals surface area contributed by atoms with E-state index in [0.717, 1.165) is 19.5 Å². The molecule has 0 saturated heterocycles. The normalized spacial score (nSPS) is 10.8. The van der Waals surface area contributed by atoms with Gasteiger partial charge in [-0.15, -0.1) is 11.3 Å². The molecule has 86 valence electrons. The summed E-state index contributed by atoms with van der Waals surface area (Å²) in [4.78, 5) is 2.80. The molecule has 0 aliphatic carbocycles. The lowest BCUT2D eigenvalue weighted by Crippen LogP contribution is -2.19. The molecule has 0 radical (unpaired) electrons. The number of aliphatic hydroxyl groups excluding tert-OH is 1. The Morgan fingerprint density at radius 3 is 2.80 bits per heavy atom. The van der Waals surface area contributed by atoms with Crippen molar-refractivity contribution in [2.24, 2.45) is 0 Å². The molecule has 0 unspecified atom stereocenters. The molecule has 0 amide bonds. The summed E-state index contributed by atoms with van der Waals surface area (Å²) in [5.74, 6) is 0. The fourth-order valence-corrected chi connectivity index (χ4v) is 2.16. The molecule has 1 aromatic heterocycles. The smallest absolute Gasteiger partial charge is 0.0698 e. The fourth-order valence-electron chi connectivity index (χ4n) is 1.23. The van der Waals surface area contributed by atoms with Gasteiger partial charge in [0, 0.05) is 22.8 Å². The van der Waals surface area contributed by atoms with Crippen molar-refractivity contribution in [1.82, 2.24) is 5.32 Å². The molecule has 1 heterocycles. The summed E-state index contributed by atoms with van der Waals surface area (Å²) < 4.78 is 5.14. The quantitative estimate of drug-likeness (QED) is 0.662. The van der Waals surface area contributed by atoms with Crippen molar-refractivity contribution in [2.45, 2.75) is 19.9 Å². The number of nitrogens with one attached hydrogen (secondary N) is 1. The van der Waals surface area contributed by atoms with Gasteiger partial charge in [0.05, 0.1) is 19.8 Å². The van der Waals surface area contributed by atoms with Gasteiger partial charge < -0.3 is 15.2 Å². The van der Waals surface area contributed by atoms with E-state index in [1.165, 1.54) is 9.75 Å². The van der Waals surface area contributed by atoms with Crippen molar-refractivity contribution in [1.29, 1.82) is 0 Å². The summed E-state index contributed by atoms with van der Waals surface area (Å²) in [6.45, 7) is 5.11. The molecule has 4 heteroatoms. The molecule has 0 fully saturated rings. The summed E-state index contributed by atoms with van der Waals surface area (Å²) in [5, 5.41) is 11.8. The van der Waals surface area contributed by atoms with E-state index in [1.54, 1.807) is 0 Å². The van der Waals surface area contributed by atoms with Crippen LogP contribution in [0.4, 0.5) is 0 Å². The third kappa shape index (κ3) is 5.28. The average Bonchev–Trinajstić information content (AvgIpc) is 2.71. The Morgan fingerprint density at radius 2 is 2.13 bits per heavy atom. The van der Waals surface area contributed by atoms with Crippen LogP contribution < -0.4 is 5.32 Å². The number of rotatable bonds is 8. The maximum Gasteiger partial charge on any atom is 0.0698 e. The number of aliphatic hydroxyl groups is 1. The largest absolute Gasteiger partial charge is 0.394 e. The maximum atomic E-state index is 8.49. The first-order valence-corrected chi connectivity index (χ1v) is 6.15. The van der Waals surface area contributed by atoms with Gasteiger partial charge >= 0.3 is 0 Å². The molecular formula is C11H19NO2S. The Bertz CT molecular complexity index is 263. The third-order valence-electron chi connectivity index (χ3n) is 2.02. The summed E-state index contributed by atoms with van der Waals surface area (Å²) in [6.07, 6.45) is 1.12. The zero-order valence-electron chi connectivity index (χ0n) is 9.16. The van der Waals surface area contributed by atoms with Crippen LogP contribution in [-0.4, -0.2) is 31.5 Å². The van der Waals surface area contributed by atoms with Gasteiger partial charge in [-0.3, -0.25) is 0 Å². The van der Waals surface area contributed by atoms with Crippen LogP contribution in [0.5, 0.6) is 0 Å². The standard InChI is InChI=1S/C11H19NO2S/c1-2-10-3-4-11(15-10)9-12-5-7-14-8-6-13/h3-4,12-13H,2,5-9H2,1H3. The fraction of sp³-hybridized carbons (Fsp3) is 0.636. The molecule has 0 spiro atoms. The van der Waals surface area contributed by atoms with E-state index < -0.39 is 0 Å². The summed E-state index contributed by atoms with van der Waals surface area (Å²) in [5.41, 5.74) is 0. The van der Waals surface area contributed by atoms with E-state index in [2.05, 4.69) is 24.4 Å². The van der Waals surface area contributed by atoms with Gasteiger partial charge in [-0.1, -0.05) is 6.92 Å². The average molecular weight is 229 g/mol. The highest BCUT2D eigenvalue weighted by Crippen LogP contribution is 2.16. The monoisotopic (exact) mass is 229 g/mol. The van der Waals surface area contributed by atoms with E-state index in [1.807, 2.05) is 11.3 Å². The van der Waals surface area contributed by atoms with Crippen LogP contribution in [0.1, 0.15) is 16.7 Å². The van der Waals surface area contributed by atoms with Gasteiger partial charge in [0.2, 0.25) is 0 Å². The van der Waals surface area contributed by atoms with Crippen LogP contribution in [-0.2, 0) is 17.7 Å². The Hall–Kier alpha value is -0.420. The van der Waals surface area contributed by atoms with Crippen molar-refractivity contribution in [2.75, 3.05) is 26.4 Å².